The fourth-order valence-electron chi connectivity index (χ4n) is 3.91. The molecule has 0 fully saturated rings. The first-order chi connectivity index (χ1) is 18.4. The van der Waals surface area contributed by atoms with Crippen LogP contribution in [0.3, 0.4) is 0 Å². The summed E-state index contributed by atoms with van der Waals surface area (Å²) in [4.78, 5) is 28.6. The summed E-state index contributed by atoms with van der Waals surface area (Å²) in [5.74, 6) is -0.776. The van der Waals surface area contributed by atoms with E-state index >= 15 is 0 Å². The highest BCUT2D eigenvalue weighted by Crippen LogP contribution is 2.26. The van der Waals surface area contributed by atoms with Gasteiger partial charge in [-0.15, -0.1) is 0 Å². The van der Waals surface area contributed by atoms with Crippen molar-refractivity contribution in [2.45, 2.75) is 64.6 Å². The summed E-state index contributed by atoms with van der Waals surface area (Å²) in [6.45, 7) is 9.08. The zero-order chi connectivity index (χ0) is 28.7. The number of hydrogen-bond donors (Lipinski definition) is 1. The average Bonchev–Trinajstić information content (AvgIpc) is 2.91. The van der Waals surface area contributed by atoms with Gasteiger partial charge in [0, 0.05) is 17.1 Å². The Kier molecular flexibility index (Phi) is 10.3. The molecule has 0 aliphatic rings. The van der Waals surface area contributed by atoms with Crippen LogP contribution in [-0.4, -0.2) is 43.8 Å². The van der Waals surface area contributed by atoms with Crippen LogP contribution in [0.1, 0.15) is 43.9 Å². The maximum Gasteiger partial charge on any atom is 0.264 e. The van der Waals surface area contributed by atoms with Crippen molar-refractivity contribution in [3.63, 3.8) is 0 Å². The molecule has 2 amide bonds. The van der Waals surface area contributed by atoms with Crippen LogP contribution in [-0.2, 0) is 26.2 Å². The smallest absolute Gasteiger partial charge is 0.264 e. The zero-order valence-corrected chi connectivity index (χ0v) is 25.4. The molecule has 2 atom stereocenters. The Morgan fingerprint density at radius 1 is 0.872 bits per heavy atom. The van der Waals surface area contributed by atoms with Gasteiger partial charge in [-0.3, -0.25) is 13.9 Å². The number of sulfonamides is 1. The number of nitrogens with zero attached hydrogens (tertiary/aromatic N) is 2. The van der Waals surface area contributed by atoms with Gasteiger partial charge in [0.05, 0.1) is 10.6 Å². The molecule has 0 radical (unpaired) electrons. The van der Waals surface area contributed by atoms with E-state index in [0.717, 1.165) is 31.9 Å². The minimum absolute atomic E-state index is 0.0579. The molecule has 0 bridgehead atoms. The van der Waals surface area contributed by atoms with Crippen molar-refractivity contribution in [2.24, 2.45) is 0 Å². The lowest BCUT2D eigenvalue weighted by Crippen LogP contribution is -2.52. The molecule has 0 aromatic heterocycles. The van der Waals surface area contributed by atoms with Crippen molar-refractivity contribution in [3.8, 4) is 0 Å². The Morgan fingerprint density at radius 3 is 1.95 bits per heavy atom. The molecule has 0 heterocycles. The van der Waals surface area contributed by atoms with Crippen LogP contribution in [0.5, 0.6) is 0 Å². The molecule has 1 N–H and O–H groups in total. The normalized spacial score (nSPS) is 12.9. The number of amides is 2. The van der Waals surface area contributed by atoms with Crippen molar-refractivity contribution < 1.29 is 18.0 Å². The molecule has 7 nitrogen and oxygen atoms in total. The first kappa shape index (κ1) is 30.4. The Morgan fingerprint density at radius 2 is 1.41 bits per heavy atom. The van der Waals surface area contributed by atoms with Crippen LogP contribution in [0.15, 0.2) is 82.2 Å². The van der Waals surface area contributed by atoms with E-state index in [9.17, 15) is 18.0 Å². The second-order valence-electron chi connectivity index (χ2n) is 9.80. The van der Waals surface area contributed by atoms with Gasteiger partial charge in [-0.25, -0.2) is 8.42 Å². The number of nitrogens with one attached hydrogen (secondary N) is 1. The van der Waals surface area contributed by atoms with Crippen LogP contribution in [0.4, 0.5) is 5.69 Å². The van der Waals surface area contributed by atoms with E-state index in [1.807, 2.05) is 52.0 Å². The molecule has 0 saturated carbocycles. The average molecular weight is 615 g/mol. The third-order valence-electron chi connectivity index (χ3n) is 6.64. The minimum Gasteiger partial charge on any atom is -0.352 e. The van der Waals surface area contributed by atoms with Crippen molar-refractivity contribution in [1.82, 2.24) is 10.2 Å². The molecule has 0 saturated heterocycles. The second kappa shape index (κ2) is 13.3. The third kappa shape index (κ3) is 7.92. The largest absolute Gasteiger partial charge is 0.352 e. The van der Waals surface area contributed by atoms with E-state index in [-0.39, 0.29) is 23.4 Å². The lowest BCUT2D eigenvalue weighted by molar-refractivity contribution is -0.139. The maximum atomic E-state index is 13.9. The monoisotopic (exact) mass is 613 g/mol. The predicted octanol–water partition coefficient (Wildman–Crippen LogP) is 5.59. The number of hydrogen-bond acceptors (Lipinski definition) is 4. The Bertz CT molecular complexity index is 1380. The van der Waals surface area contributed by atoms with Gasteiger partial charge in [-0.1, -0.05) is 70.4 Å². The van der Waals surface area contributed by atoms with E-state index in [1.54, 1.807) is 43.3 Å². The van der Waals surface area contributed by atoms with Gasteiger partial charge in [-0.2, -0.15) is 0 Å². The standard InChI is InChI=1S/C30H36BrN3O4S/c1-6-23(4)32-30(36)24(5)33(19-25-11-7-21(2)8-12-25)29(35)20-34(27-15-13-26(31)14-16-27)39(37,38)28-17-9-22(3)10-18-28/h7-18,23-24H,6,19-20H2,1-5H3,(H,32,36)/t23-,24-/m1/s1. The van der Waals surface area contributed by atoms with Gasteiger partial charge in [0.15, 0.2) is 0 Å². The van der Waals surface area contributed by atoms with Crippen LogP contribution < -0.4 is 9.62 Å². The molecule has 0 unspecified atom stereocenters. The zero-order valence-electron chi connectivity index (χ0n) is 23.0. The molecule has 0 aliphatic heterocycles. The summed E-state index contributed by atoms with van der Waals surface area (Å²) in [6.07, 6.45) is 0.747. The Balaban J connectivity index is 2.01. The highest BCUT2D eigenvalue weighted by Gasteiger charge is 2.32. The molecular formula is C30H36BrN3O4S. The minimum atomic E-state index is -4.09. The van der Waals surface area contributed by atoms with Crippen LogP contribution >= 0.6 is 15.9 Å². The maximum absolute atomic E-state index is 13.9. The number of carbonyl (C=O) groups excluding carboxylic acids is 2. The number of halogens is 1. The van der Waals surface area contributed by atoms with Crippen LogP contribution in [0.25, 0.3) is 0 Å². The summed E-state index contributed by atoms with van der Waals surface area (Å²) < 4.78 is 29.6. The molecule has 0 spiro atoms. The number of anilines is 1. The molecule has 208 valence electrons. The van der Waals surface area contributed by atoms with E-state index in [1.165, 1.54) is 17.0 Å². The molecule has 0 aliphatic carbocycles. The summed E-state index contributed by atoms with van der Waals surface area (Å²) in [5, 5.41) is 2.94. The predicted molar refractivity (Wildman–Crippen MR) is 159 cm³/mol. The number of rotatable bonds is 11. The van der Waals surface area contributed by atoms with E-state index in [0.29, 0.717) is 5.69 Å². The number of benzene rings is 3. The van der Waals surface area contributed by atoms with Crippen LogP contribution in [0.2, 0.25) is 0 Å². The quantitative estimate of drug-likeness (QED) is 0.305. The molecule has 3 rings (SSSR count). The van der Waals surface area contributed by atoms with E-state index < -0.39 is 28.5 Å². The summed E-state index contributed by atoms with van der Waals surface area (Å²) in [6, 6.07) is 20.1. The van der Waals surface area contributed by atoms with Gasteiger partial charge in [0.2, 0.25) is 11.8 Å². The molecule has 3 aromatic carbocycles. The van der Waals surface area contributed by atoms with Crippen molar-refractivity contribution in [2.75, 3.05) is 10.8 Å². The third-order valence-corrected chi connectivity index (χ3v) is 8.96. The molecule has 3 aromatic rings. The molecular weight excluding hydrogens is 578 g/mol. The summed E-state index contributed by atoms with van der Waals surface area (Å²) >= 11 is 3.39. The fourth-order valence-corrected chi connectivity index (χ4v) is 5.59. The van der Waals surface area contributed by atoms with Gasteiger partial charge in [0.25, 0.3) is 10.0 Å². The SMILES string of the molecule is CC[C@@H](C)NC(=O)[C@@H](C)N(Cc1ccc(C)cc1)C(=O)CN(c1ccc(Br)cc1)S(=O)(=O)c1ccc(C)cc1. The summed E-state index contributed by atoms with van der Waals surface area (Å²) in [7, 11) is -4.09. The summed E-state index contributed by atoms with van der Waals surface area (Å²) in [5.41, 5.74) is 3.18. The van der Waals surface area contributed by atoms with Gasteiger partial charge in [0.1, 0.15) is 12.6 Å². The lowest BCUT2D eigenvalue weighted by Gasteiger charge is -2.32. The van der Waals surface area contributed by atoms with E-state index in [4.69, 9.17) is 0 Å². The highest BCUT2D eigenvalue weighted by molar-refractivity contribution is 9.10. The van der Waals surface area contributed by atoms with Crippen molar-refractivity contribution >= 4 is 43.5 Å². The van der Waals surface area contributed by atoms with Gasteiger partial charge in [-0.05, 0) is 76.1 Å². The topological polar surface area (TPSA) is 86.8 Å². The van der Waals surface area contributed by atoms with Crippen molar-refractivity contribution in [3.05, 3.63) is 94.0 Å². The second-order valence-corrected chi connectivity index (χ2v) is 12.6. The van der Waals surface area contributed by atoms with Gasteiger partial charge < -0.3 is 10.2 Å². The van der Waals surface area contributed by atoms with Crippen molar-refractivity contribution in [1.29, 1.82) is 0 Å². The van der Waals surface area contributed by atoms with Crippen LogP contribution in [0, 0.1) is 13.8 Å². The molecule has 39 heavy (non-hydrogen) atoms. The Labute approximate surface area is 240 Å². The lowest BCUT2D eigenvalue weighted by atomic mass is 10.1. The molecule has 9 heteroatoms. The number of carbonyl (C=O) groups is 2. The van der Waals surface area contributed by atoms with Gasteiger partial charge >= 0.3 is 0 Å². The fraction of sp³-hybridized carbons (Fsp3) is 0.333. The number of aryl methyl sites for hydroxylation is 2. The first-order valence-electron chi connectivity index (χ1n) is 12.9. The van der Waals surface area contributed by atoms with E-state index in [2.05, 4.69) is 21.2 Å². The highest BCUT2D eigenvalue weighted by atomic mass is 79.9. The Hall–Kier alpha value is -3.17. The first-order valence-corrected chi connectivity index (χ1v) is 15.2.